The summed E-state index contributed by atoms with van der Waals surface area (Å²) in [5.41, 5.74) is 0. The molecule has 2 aliphatic rings. The molecule has 0 radical (unpaired) electrons. The molecule has 0 saturated carbocycles. The van der Waals surface area contributed by atoms with E-state index in [0.717, 1.165) is 0 Å². The minimum absolute atomic E-state index is 0.0766. The number of benzene rings is 1. The molecule has 3 rings (SSSR count). The average molecular weight is 416 g/mol. The zero-order valence-electron chi connectivity index (χ0n) is 13.9. The Balaban J connectivity index is 1.55. The quantitative estimate of drug-likeness (QED) is 0.345. The lowest BCUT2D eigenvalue weighted by Crippen LogP contribution is -2.50. The molecule has 2 unspecified atom stereocenters. The largest absolute Gasteiger partial charge is 0.451 e. The van der Waals surface area contributed by atoms with Gasteiger partial charge in [-0.1, -0.05) is 0 Å². The molecule has 2 heterocycles. The molecule has 1 aromatic rings. The van der Waals surface area contributed by atoms with Crippen LogP contribution in [0.4, 0.5) is 22.0 Å². The summed E-state index contributed by atoms with van der Waals surface area (Å²) >= 11 is 3.73. The maximum absolute atomic E-state index is 14.2. The summed E-state index contributed by atoms with van der Waals surface area (Å²) in [7, 11) is 0. The van der Waals surface area contributed by atoms with E-state index >= 15 is 0 Å². The smallest absolute Gasteiger partial charge is 0.429 e. The van der Waals surface area contributed by atoms with E-state index in [1.165, 1.54) is 0 Å². The highest BCUT2D eigenvalue weighted by molar-refractivity contribution is 7.75. The van der Waals surface area contributed by atoms with Gasteiger partial charge in [-0.15, -0.1) is 0 Å². The first kappa shape index (κ1) is 20.6. The van der Waals surface area contributed by atoms with Crippen LogP contribution in [0.1, 0.15) is 12.8 Å². The molecule has 0 bridgehead atoms. The fourth-order valence-electron chi connectivity index (χ4n) is 2.93. The molecule has 2 fully saturated rings. The van der Waals surface area contributed by atoms with E-state index in [0.29, 0.717) is 31.6 Å². The number of rotatable bonds is 5. The van der Waals surface area contributed by atoms with Gasteiger partial charge in [0.05, 0.1) is 32.0 Å². The molecule has 2 saturated heterocycles. The molecule has 1 aromatic carbocycles. The lowest BCUT2D eigenvalue weighted by atomic mass is 9.95. The second-order valence-corrected chi connectivity index (χ2v) is 6.51. The highest BCUT2D eigenvalue weighted by Gasteiger charge is 2.48. The summed E-state index contributed by atoms with van der Waals surface area (Å²) in [6.07, 6.45) is -5.15. The molecule has 0 spiro atoms. The number of ether oxygens (including phenoxy) is 4. The van der Waals surface area contributed by atoms with Crippen molar-refractivity contribution in [3.63, 3.8) is 0 Å². The molecule has 2 atom stereocenters. The van der Waals surface area contributed by atoms with Gasteiger partial charge in [0, 0.05) is 18.1 Å². The van der Waals surface area contributed by atoms with Crippen molar-refractivity contribution in [2.75, 3.05) is 19.8 Å². The Hall–Kier alpha value is -1.14. The summed E-state index contributed by atoms with van der Waals surface area (Å²) in [6, 6.07) is 0.626. The number of hydrogen-bond acceptors (Lipinski definition) is 6. The molecular weight excluding hydrogens is 399 g/mol. The topological polar surface area (TPSA) is 46.2 Å². The van der Waals surface area contributed by atoms with Gasteiger partial charge in [-0.25, -0.2) is 13.2 Å². The third-order valence-corrected chi connectivity index (χ3v) is 4.65. The lowest BCUT2D eigenvalue weighted by Gasteiger charge is -2.38. The first-order valence-electron chi connectivity index (χ1n) is 8.16. The van der Waals surface area contributed by atoms with E-state index in [2.05, 4.69) is 17.6 Å². The Morgan fingerprint density at radius 2 is 1.59 bits per heavy atom. The van der Waals surface area contributed by atoms with E-state index < -0.39 is 35.6 Å². The van der Waals surface area contributed by atoms with Crippen LogP contribution in [0.2, 0.25) is 0 Å². The molecule has 0 aliphatic carbocycles. The predicted octanol–water partition coefficient (Wildman–Crippen LogP) is 3.47. The number of alkyl halides is 2. The van der Waals surface area contributed by atoms with Gasteiger partial charge in [0.25, 0.3) is 6.29 Å². The zero-order valence-corrected chi connectivity index (χ0v) is 14.8. The van der Waals surface area contributed by atoms with Crippen LogP contribution in [0.25, 0.3) is 0 Å². The maximum Gasteiger partial charge on any atom is 0.451 e. The summed E-state index contributed by atoms with van der Waals surface area (Å²) in [5.74, 6) is -6.23. The van der Waals surface area contributed by atoms with Crippen molar-refractivity contribution in [3.8, 4) is 5.75 Å². The van der Waals surface area contributed by atoms with Crippen LogP contribution >= 0.6 is 12.9 Å². The van der Waals surface area contributed by atoms with Crippen molar-refractivity contribution >= 4 is 12.9 Å². The maximum atomic E-state index is 14.2. The van der Waals surface area contributed by atoms with Gasteiger partial charge in [0.2, 0.25) is 0 Å². The minimum atomic E-state index is -4.04. The van der Waals surface area contributed by atoms with Crippen LogP contribution in [-0.4, -0.2) is 44.4 Å². The average Bonchev–Trinajstić information content (AvgIpc) is 2.66. The third kappa shape index (κ3) is 4.83. The second-order valence-electron chi connectivity index (χ2n) is 6.30. The van der Waals surface area contributed by atoms with Crippen LogP contribution in [0.15, 0.2) is 12.1 Å². The van der Waals surface area contributed by atoms with Crippen LogP contribution in [-0.2, 0) is 18.4 Å². The normalized spacial score (nSPS) is 29.6. The van der Waals surface area contributed by atoms with Crippen LogP contribution < -0.4 is 4.74 Å². The van der Waals surface area contributed by atoms with Crippen molar-refractivity contribution < 1.29 is 45.1 Å². The second kappa shape index (κ2) is 8.48. The molecule has 152 valence electrons. The van der Waals surface area contributed by atoms with Gasteiger partial charge < -0.3 is 23.1 Å². The van der Waals surface area contributed by atoms with Crippen LogP contribution in [0.5, 0.6) is 5.75 Å². The molecule has 0 aromatic heterocycles. The molecule has 0 N–H and O–H groups in total. The Morgan fingerprint density at radius 1 is 0.963 bits per heavy atom. The van der Waals surface area contributed by atoms with Crippen molar-refractivity contribution in [1.82, 2.24) is 0 Å². The summed E-state index contributed by atoms with van der Waals surface area (Å²) in [6.45, 7) is 0.175. The number of halogens is 5. The summed E-state index contributed by atoms with van der Waals surface area (Å²) in [4.78, 5) is 0. The standard InChI is InChI=1S/C16H17F5O5S/c17-11-3-10(4-12(18)14(11)19)25-16(20,21)15-23-5-8(6-24-15)13-2-1-9(26-27)7-22-13/h3-4,8-9,13,15,27H,1-2,5-7H2. The predicted molar refractivity (Wildman–Crippen MR) is 83.9 cm³/mol. The Kier molecular flexibility index (Phi) is 6.46. The van der Waals surface area contributed by atoms with Gasteiger partial charge in [-0.2, -0.15) is 8.78 Å². The molecule has 5 nitrogen and oxygen atoms in total. The van der Waals surface area contributed by atoms with Crippen molar-refractivity contribution in [2.45, 2.75) is 37.4 Å². The molecular formula is C16H17F5O5S. The lowest BCUT2D eigenvalue weighted by molar-refractivity contribution is -0.356. The third-order valence-electron chi connectivity index (χ3n) is 4.35. The fourth-order valence-corrected chi connectivity index (χ4v) is 3.09. The number of hydrogen-bond donors (Lipinski definition) is 1. The van der Waals surface area contributed by atoms with Crippen LogP contribution in [0.3, 0.4) is 0 Å². The first-order valence-corrected chi connectivity index (χ1v) is 8.53. The monoisotopic (exact) mass is 416 g/mol. The SMILES string of the molecule is Fc1cc(OC(F)(F)C2OCC(C3CCC(OS)CO3)CO2)cc(F)c1F. The first-order chi connectivity index (χ1) is 12.8. The van der Waals surface area contributed by atoms with E-state index in [-0.39, 0.29) is 31.3 Å². The van der Waals surface area contributed by atoms with E-state index in [1.807, 2.05) is 0 Å². The van der Waals surface area contributed by atoms with Gasteiger partial charge in [0.1, 0.15) is 5.75 Å². The highest BCUT2D eigenvalue weighted by atomic mass is 32.1. The molecule has 11 heteroatoms. The fraction of sp³-hybridized carbons (Fsp3) is 0.625. The minimum Gasteiger partial charge on any atom is -0.429 e. The van der Waals surface area contributed by atoms with E-state index in [4.69, 9.17) is 18.4 Å². The Morgan fingerprint density at radius 3 is 2.11 bits per heavy atom. The van der Waals surface area contributed by atoms with Gasteiger partial charge in [0.15, 0.2) is 17.5 Å². The van der Waals surface area contributed by atoms with Crippen molar-refractivity contribution in [2.24, 2.45) is 5.92 Å². The van der Waals surface area contributed by atoms with Crippen molar-refractivity contribution in [1.29, 1.82) is 0 Å². The summed E-state index contributed by atoms with van der Waals surface area (Å²) < 4.78 is 92.3. The molecule has 0 amide bonds. The van der Waals surface area contributed by atoms with Gasteiger partial charge >= 0.3 is 6.11 Å². The van der Waals surface area contributed by atoms with Crippen molar-refractivity contribution in [3.05, 3.63) is 29.6 Å². The Labute approximate surface area is 157 Å². The van der Waals surface area contributed by atoms with Gasteiger partial charge in [-0.3, -0.25) is 0 Å². The van der Waals surface area contributed by atoms with E-state index in [9.17, 15) is 22.0 Å². The van der Waals surface area contributed by atoms with Gasteiger partial charge in [-0.05, 0) is 25.8 Å². The highest BCUT2D eigenvalue weighted by Crippen LogP contribution is 2.33. The Bertz CT molecular complexity index is 625. The summed E-state index contributed by atoms with van der Waals surface area (Å²) in [5, 5.41) is 0. The number of thiol groups is 1. The van der Waals surface area contributed by atoms with E-state index in [1.54, 1.807) is 0 Å². The van der Waals surface area contributed by atoms with Crippen LogP contribution in [0, 0.1) is 23.4 Å². The molecule has 2 aliphatic heterocycles. The zero-order chi connectivity index (χ0) is 19.6. The molecule has 27 heavy (non-hydrogen) atoms.